The molecular weight excluding hydrogens is 567 g/mol. The van der Waals surface area contributed by atoms with Crippen LogP contribution < -0.4 is 0 Å². The van der Waals surface area contributed by atoms with Crippen molar-refractivity contribution in [1.29, 1.82) is 0 Å². The Hall–Kier alpha value is -5.71. The molecule has 0 radical (unpaired) electrons. The number of hydrogen-bond donors (Lipinski definition) is 0. The molecule has 210 valence electrons. The zero-order chi connectivity index (χ0) is 29.7. The summed E-state index contributed by atoms with van der Waals surface area (Å²) >= 11 is 1.87. The van der Waals surface area contributed by atoms with Crippen molar-refractivity contribution in [2.45, 2.75) is 0 Å². The molecule has 4 aromatic heterocycles. The van der Waals surface area contributed by atoms with E-state index >= 15 is 0 Å². The number of aromatic nitrogens is 3. The summed E-state index contributed by atoms with van der Waals surface area (Å²) in [6, 6.07) is 45.5. The van der Waals surface area contributed by atoms with Crippen molar-refractivity contribution < 1.29 is 0 Å². The molecule has 0 amide bonds. The van der Waals surface area contributed by atoms with Gasteiger partial charge in [0.15, 0.2) is 0 Å². The van der Waals surface area contributed by atoms with Gasteiger partial charge in [-0.3, -0.25) is 9.97 Å². The van der Waals surface area contributed by atoms with Gasteiger partial charge in [-0.15, -0.1) is 11.3 Å². The molecule has 3 nitrogen and oxygen atoms in total. The van der Waals surface area contributed by atoms with E-state index in [1.165, 1.54) is 36.3 Å². The highest BCUT2D eigenvalue weighted by molar-refractivity contribution is 7.26. The molecule has 0 aliphatic rings. The maximum atomic E-state index is 5.37. The van der Waals surface area contributed by atoms with Gasteiger partial charge in [-0.25, -0.2) is 4.98 Å². The minimum absolute atomic E-state index is 0.985. The second-order valence-corrected chi connectivity index (χ2v) is 12.4. The summed E-state index contributed by atoms with van der Waals surface area (Å²) < 4.78 is 2.61. The van der Waals surface area contributed by atoms with Gasteiger partial charge in [0.2, 0.25) is 0 Å². The van der Waals surface area contributed by atoms with Crippen molar-refractivity contribution in [2.75, 3.05) is 0 Å². The minimum atomic E-state index is 0.985. The third-order valence-corrected chi connectivity index (χ3v) is 9.81. The van der Waals surface area contributed by atoms with Gasteiger partial charge in [0.25, 0.3) is 0 Å². The lowest BCUT2D eigenvalue weighted by Gasteiger charge is -2.14. The van der Waals surface area contributed by atoms with E-state index in [0.717, 1.165) is 50.2 Å². The van der Waals surface area contributed by atoms with Crippen LogP contribution in [-0.4, -0.2) is 15.0 Å². The Morgan fingerprint density at radius 3 is 1.76 bits per heavy atom. The monoisotopic (exact) mass is 591 g/mol. The number of thiophene rings is 1. The van der Waals surface area contributed by atoms with Crippen molar-refractivity contribution in [1.82, 2.24) is 15.0 Å². The van der Waals surface area contributed by atoms with Gasteiger partial charge in [-0.2, -0.15) is 0 Å². The van der Waals surface area contributed by atoms with Gasteiger partial charge < -0.3 is 0 Å². The first-order valence-electron chi connectivity index (χ1n) is 15.0. The largest absolute Gasteiger partial charge is 0.264 e. The fraction of sp³-hybridized carbons (Fsp3) is 0. The highest BCUT2D eigenvalue weighted by atomic mass is 32.1. The van der Waals surface area contributed by atoms with Gasteiger partial charge in [0, 0.05) is 77.8 Å². The Bertz CT molecular complexity index is 2460. The molecule has 0 saturated heterocycles. The zero-order valence-corrected chi connectivity index (χ0v) is 25.0. The summed E-state index contributed by atoms with van der Waals surface area (Å²) in [7, 11) is 0. The maximum absolute atomic E-state index is 5.37. The maximum Gasteiger partial charge on any atom is 0.0788 e. The smallest absolute Gasteiger partial charge is 0.0788 e. The van der Waals surface area contributed by atoms with Gasteiger partial charge in [-0.1, -0.05) is 84.9 Å². The molecule has 0 unspecified atom stereocenters. The van der Waals surface area contributed by atoms with Gasteiger partial charge in [-0.05, 0) is 64.7 Å². The number of nitrogens with zero attached hydrogens (tertiary/aromatic N) is 3. The number of rotatable bonds is 4. The number of fused-ring (bicyclic) bond motifs is 7. The third kappa shape index (κ3) is 4.38. The van der Waals surface area contributed by atoms with E-state index in [1.54, 1.807) is 0 Å². The number of benzene rings is 5. The van der Waals surface area contributed by atoms with Crippen LogP contribution in [0, 0.1) is 0 Å². The quantitative estimate of drug-likeness (QED) is 0.191. The predicted octanol–water partition coefficient (Wildman–Crippen LogP) is 11.2. The average Bonchev–Trinajstić information content (AvgIpc) is 3.51. The van der Waals surface area contributed by atoms with Crippen molar-refractivity contribution in [3.05, 3.63) is 152 Å². The lowest BCUT2D eigenvalue weighted by Crippen LogP contribution is -1.91. The molecule has 45 heavy (non-hydrogen) atoms. The van der Waals surface area contributed by atoms with Gasteiger partial charge in [0.1, 0.15) is 0 Å². The summed E-state index contributed by atoms with van der Waals surface area (Å²) in [5, 5.41) is 6.21. The van der Waals surface area contributed by atoms with E-state index in [1.807, 2.05) is 48.3 Å². The van der Waals surface area contributed by atoms with Crippen LogP contribution in [0.2, 0.25) is 0 Å². The van der Waals surface area contributed by atoms with E-state index in [9.17, 15) is 0 Å². The lowest BCUT2D eigenvalue weighted by molar-refractivity contribution is 1.32. The van der Waals surface area contributed by atoms with Gasteiger partial charge >= 0.3 is 0 Å². The molecule has 0 N–H and O–H groups in total. The molecule has 0 atom stereocenters. The van der Waals surface area contributed by atoms with Crippen LogP contribution in [0.4, 0.5) is 0 Å². The Balaban J connectivity index is 1.33. The first kappa shape index (κ1) is 25.8. The normalized spacial score (nSPS) is 11.6. The first-order valence-corrected chi connectivity index (χ1v) is 15.8. The molecule has 4 heterocycles. The third-order valence-electron chi connectivity index (χ3n) is 8.60. The summed E-state index contributed by atoms with van der Waals surface area (Å²) in [4.78, 5) is 14.2. The minimum Gasteiger partial charge on any atom is -0.264 e. The second kappa shape index (κ2) is 10.5. The standard InChI is InChI=1S/C41H25N3S/c1-2-8-26(9-3-1)40-36-17-16-34-33-12-4-5-13-38(33)45-41(34)39(36)35-15-14-27(23-37(35)44-40)30-20-31(28-10-6-18-42-24-28)22-32(21-30)29-11-7-19-43-25-29/h1-25H. The molecule has 0 aliphatic heterocycles. The van der Waals surface area contributed by atoms with E-state index < -0.39 is 0 Å². The van der Waals surface area contributed by atoms with Crippen molar-refractivity contribution in [2.24, 2.45) is 0 Å². The SMILES string of the molecule is c1ccc(-c2nc3cc(-c4cc(-c5cccnc5)cc(-c5cccnc5)c4)ccc3c3c2ccc2c4ccccc4sc23)cc1. The van der Waals surface area contributed by atoms with Crippen LogP contribution in [0.5, 0.6) is 0 Å². The fourth-order valence-corrected chi connectivity index (χ4v) is 7.72. The van der Waals surface area contributed by atoms with Gasteiger partial charge in [0.05, 0.1) is 11.2 Å². The first-order chi connectivity index (χ1) is 22.3. The highest BCUT2D eigenvalue weighted by Gasteiger charge is 2.17. The Labute approximate surface area is 264 Å². The summed E-state index contributed by atoms with van der Waals surface area (Å²) in [5.74, 6) is 0. The van der Waals surface area contributed by atoms with E-state index in [2.05, 4.69) is 125 Å². The van der Waals surface area contributed by atoms with Crippen LogP contribution in [0.25, 0.3) is 86.5 Å². The van der Waals surface area contributed by atoms with Crippen molar-refractivity contribution in [3.63, 3.8) is 0 Å². The topological polar surface area (TPSA) is 38.7 Å². The highest BCUT2D eigenvalue weighted by Crippen LogP contribution is 2.44. The lowest BCUT2D eigenvalue weighted by atomic mass is 9.93. The number of hydrogen-bond acceptors (Lipinski definition) is 4. The molecule has 0 saturated carbocycles. The molecule has 0 spiro atoms. The van der Waals surface area contributed by atoms with Crippen LogP contribution in [0.1, 0.15) is 0 Å². The summed E-state index contributed by atoms with van der Waals surface area (Å²) in [6.45, 7) is 0. The Kier molecular flexibility index (Phi) is 6.00. The zero-order valence-electron chi connectivity index (χ0n) is 24.2. The van der Waals surface area contributed by atoms with Crippen LogP contribution in [0.3, 0.4) is 0 Å². The Morgan fingerprint density at radius 1 is 0.422 bits per heavy atom. The van der Waals surface area contributed by atoms with Crippen molar-refractivity contribution >= 4 is 53.2 Å². The number of pyridine rings is 3. The Morgan fingerprint density at radius 2 is 1.04 bits per heavy atom. The predicted molar refractivity (Wildman–Crippen MR) is 189 cm³/mol. The molecule has 0 aliphatic carbocycles. The van der Waals surface area contributed by atoms with E-state index in [4.69, 9.17) is 4.98 Å². The second-order valence-electron chi connectivity index (χ2n) is 11.3. The summed E-state index contributed by atoms with van der Waals surface area (Å²) in [5.41, 5.74) is 9.74. The fourth-order valence-electron chi connectivity index (χ4n) is 6.46. The van der Waals surface area contributed by atoms with Crippen LogP contribution in [0.15, 0.2) is 152 Å². The molecule has 9 aromatic rings. The van der Waals surface area contributed by atoms with E-state index in [-0.39, 0.29) is 0 Å². The molecule has 0 bridgehead atoms. The van der Waals surface area contributed by atoms with Crippen molar-refractivity contribution in [3.8, 4) is 44.6 Å². The molecule has 0 fully saturated rings. The average molecular weight is 592 g/mol. The van der Waals surface area contributed by atoms with Crippen LogP contribution in [-0.2, 0) is 0 Å². The van der Waals surface area contributed by atoms with Crippen LogP contribution >= 0.6 is 11.3 Å². The molecule has 9 rings (SSSR count). The summed E-state index contributed by atoms with van der Waals surface area (Å²) in [6.07, 6.45) is 7.46. The molecular formula is C41H25N3S. The van der Waals surface area contributed by atoms with E-state index in [0.29, 0.717) is 0 Å². The molecule has 4 heteroatoms. The molecule has 5 aromatic carbocycles.